The number of rotatable bonds is 11. The highest BCUT2D eigenvalue weighted by Crippen LogP contribution is 2.21. The number of nitrogens with zero attached hydrogens (tertiary/aromatic N) is 2. The summed E-state index contributed by atoms with van der Waals surface area (Å²) in [5.41, 5.74) is 11.1. The topological polar surface area (TPSA) is 90.4 Å². The molecule has 0 spiro atoms. The molecule has 158 valence electrons. The zero-order chi connectivity index (χ0) is 21.3. The summed E-state index contributed by atoms with van der Waals surface area (Å²) in [6.07, 6.45) is 4.85. The molecule has 2 aromatic carbocycles. The molecule has 3 N–H and O–H groups in total. The number of hydrogen-bond donors (Lipinski definition) is 2. The highest BCUT2D eigenvalue weighted by Gasteiger charge is 2.19. The summed E-state index contributed by atoms with van der Waals surface area (Å²) < 4.78 is 7.26. The van der Waals surface area contributed by atoms with E-state index in [0.717, 1.165) is 19.4 Å². The molecule has 1 unspecified atom stereocenters. The predicted molar refractivity (Wildman–Crippen MR) is 117 cm³/mol. The van der Waals surface area contributed by atoms with Crippen molar-refractivity contribution in [1.82, 2.24) is 9.55 Å². The molecule has 0 saturated heterocycles. The number of hydrogen-bond acceptors (Lipinski definition) is 4. The first kappa shape index (κ1) is 21.7. The van der Waals surface area contributed by atoms with Crippen LogP contribution < -0.4 is 5.73 Å². The minimum absolute atomic E-state index is 0.219. The molecule has 1 aromatic heterocycles. The lowest BCUT2D eigenvalue weighted by Crippen LogP contribution is -2.28. The van der Waals surface area contributed by atoms with Crippen molar-refractivity contribution in [2.24, 2.45) is 5.73 Å². The first-order valence-electron chi connectivity index (χ1n) is 10.3. The van der Waals surface area contributed by atoms with Gasteiger partial charge in [0.25, 0.3) is 0 Å². The van der Waals surface area contributed by atoms with Crippen LogP contribution in [0.25, 0.3) is 11.1 Å². The Balaban J connectivity index is 1.55. The van der Waals surface area contributed by atoms with Gasteiger partial charge in [-0.25, -0.2) is 9.78 Å². The van der Waals surface area contributed by atoms with Crippen molar-refractivity contribution >= 4 is 5.97 Å². The Labute approximate surface area is 177 Å². The van der Waals surface area contributed by atoms with E-state index in [-0.39, 0.29) is 13.0 Å². The second kappa shape index (κ2) is 10.7. The fourth-order valence-corrected chi connectivity index (χ4v) is 3.31. The normalized spacial score (nSPS) is 12.1. The number of aryl methyl sites for hydroxylation is 3. The highest BCUT2D eigenvalue weighted by molar-refractivity contribution is 5.72. The Bertz CT molecular complexity index is 933. The van der Waals surface area contributed by atoms with Crippen LogP contribution in [-0.2, 0) is 35.3 Å². The van der Waals surface area contributed by atoms with E-state index in [1.807, 2.05) is 10.8 Å². The predicted octanol–water partition coefficient (Wildman–Crippen LogP) is 3.33. The van der Waals surface area contributed by atoms with E-state index in [1.165, 1.54) is 22.3 Å². The summed E-state index contributed by atoms with van der Waals surface area (Å²) in [6.45, 7) is 3.45. The first-order valence-corrected chi connectivity index (χ1v) is 10.3. The zero-order valence-electron chi connectivity index (χ0n) is 17.3. The van der Waals surface area contributed by atoms with Crippen LogP contribution in [0.2, 0.25) is 0 Å². The number of carboxylic acid groups (broad SMARTS) is 1. The molecule has 3 aromatic rings. The van der Waals surface area contributed by atoms with Crippen molar-refractivity contribution in [2.75, 3.05) is 13.2 Å². The summed E-state index contributed by atoms with van der Waals surface area (Å²) in [6, 6.07) is 17.3. The molecule has 0 radical (unpaired) electrons. The van der Waals surface area contributed by atoms with Crippen LogP contribution in [0.3, 0.4) is 0 Å². The molecule has 0 amide bonds. The number of ether oxygens (including phenoxy) is 1. The lowest BCUT2D eigenvalue weighted by Gasteiger charge is -2.11. The van der Waals surface area contributed by atoms with Gasteiger partial charge in [0, 0.05) is 25.7 Å². The quantitative estimate of drug-likeness (QED) is 0.509. The van der Waals surface area contributed by atoms with E-state index in [1.54, 1.807) is 6.33 Å². The molecule has 0 aliphatic heterocycles. The molecule has 1 heterocycles. The number of nitrogens with two attached hydrogens (primary N) is 1. The van der Waals surface area contributed by atoms with Crippen LogP contribution in [0.15, 0.2) is 61.1 Å². The smallest absolute Gasteiger partial charge is 0.333 e. The van der Waals surface area contributed by atoms with Gasteiger partial charge in [-0.15, -0.1) is 0 Å². The first-order chi connectivity index (χ1) is 14.6. The van der Waals surface area contributed by atoms with E-state index in [9.17, 15) is 9.90 Å². The van der Waals surface area contributed by atoms with Crippen LogP contribution >= 0.6 is 0 Å². The molecule has 6 heteroatoms. The minimum atomic E-state index is -0.998. The molecule has 0 aliphatic rings. The van der Waals surface area contributed by atoms with Gasteiger partial charge in [0.1, 0.15) is 0 Å². The Morgan fingerprint density at radius 1 is 1.10 bits per heavy atom. The SMILES string of the molecule is CCc1ccc(-c2ccc(CCn3cnc(CC(OCCN)C(=O)O)c3)cc2)cc1. The average molecular weight is 408 g/mol. The minimum Gasteiger partial charge on any atom is -0.479 e. The van der Waals surface area contributed by atoms with Gasteiger partial charge in [0.2, 0.25) is 0 Å². The Morgan fingerprint density at radius 3 is 2.30 bits per heavy atom. The number of benzene rings is 2. The highest BCUT2D eigenvalue weighted by atomic mass is 16.5. The van der Waals surface area contributed by atoms with Crippen LogP contribution in [0.4, 0.5) is 0 Å². The van der Waals surface area contributed by atoms with Crippen molar-refractivity contribution < 1.29 is 14.6 Å². The maximum absolute atomic E-state index is 11.3. The molecule has 0 fully saturated rings. The molecule has 6 nitrogen and oxygen atoms in total. The summed E-state index contributed by atoms with van der Waals surface area (Å²) in [5.74, 6) is -0.998. The van der Waals surface area contributed by atoms with Crippen molar-refractivity contribution in [1.29, 1.82) is 0 Å². The van der Waals surface area contributed by atoms with Gasteiger partial charge in [0.05, 0.1) is 18.6 Å². The lowest BCUT2D eigenvalue weighted by atomic mass is 10.0. The fraction of sp³-hybridized carbons (Fsp3) is 0.333. The van der Waals surface area contributed by atoms with Crippen molar-refractivity contribution in [3.8, 4) is 11.1 Å². The summed E-state index contributed by atoms with van der Waals surface area (Å²) in [7, 11) is 0. The van der Waals surface area contributed by atoms with Crippen molar-refractivity contribution in [3.63, 3.8) is 0 Å². The molecule has 0 bridgehead atoms. The molecule has 1 atom stereocenters. The number of aromatic nitrogens is 2. The van der Waals surface area contributed by atoms with Crippen LogP contribution in [-0.4, -0.2) is 39.9 Å². The van der Waals surface area contributed by atoms with Gasteiger partial charge in [-0.3, -0.25) is 0 Å². The third-order valence-electron chi connectivity index (χ3n) is 5.10. The molecule has 0 aliphatic carbocycles. The molecule has 0 saturated carbocycles. The van der Waals surface area contributed by atoms with E-state index in [2.05, 4.69) is 60.4 Å². The standard InChI is InChI=1S/C24H29N3O3/c1-2-18-3-7-20(8-4-18)21-9-5-19(6-10-21)11-13-27-16-22(26-17-27)15-23(24(28)29)30-14-12-25/h3-10,16-17,23H,2,11-15,25H2,1H3,(H,28,29). The molecular formula is C24H29N3O3. The van der Waals surface area contributed by atoms with E-state index < -0.39 is 12.1 Å². The summed E-state index contributed by atoms with van der Waals surface area (Å²) in [4.78, 5) is 15.6. The third-order valence-corrected chi connectivity index (χ3v) is 5.10. The van der Waals surface area contributed by atoms with E-state index >= 15 is 0 Å². The third kappa shape index (κ3) is 6.02. The molecule has 30 heavy (non-hydrogen) atoms. The monoisotopic (exact) mass is 407 g/mol. The molecular weight excluding hydrogens is 378 g/mol. The van der Waals surface area contributed by atoms with Gasteiger partial charge in [-0.05, 0) is 35.1 Å². The lowest BCUT2D eigenvalue weighted by molar-refractivity contribution is -0.150. The van der Waals surface area contributed by atoms with Crippen molar-refractivity contribution in [3.05, 3.63) is 77.9 Å². The Hall–Kier alpha value is -2.96. The maximum atomic E-state index is 11.3. The Morgan fingerprint density at radius 2 is 1.73 bits per heavy atom. The second-order valence-electron chi connectivity index (χ2n) is 7.29. The summed E-state index contributed by atoms with van der Waals surface area (Å²) in [5, 5.41) is 9.25. The van der Waals surface area contributed by atoms with Gasteiger partial charge in [0.15, 0.2) is 6.10 Å². The fourth-order valence-electron chi connectivity index (χ4n) is 3.31. The van der Waals surface area contributed by atoms with E-state index in [0.29, 0.717) is 12.2 Å². The number of carbonyl (C=O) groups is 1. The largest absolute Gasteiger partial charge is 0.479 e. The number of carboxylic acids is 1. The van der Waals surface area contributed by atoms with Gasteiger partial charge < -0.3 is 20.1 Å². The second-order valence-corrected chi connectivity index (χ2v) is 7.29. The average Bonchev–Trinajstić information content (AvgIpc) is 3.23. The van der Waals surface area contributed by atoms with Gasteiger partial charge in [-0.1, -0.05) is 55.5 Å². The zero-order valence-corrected chi connectivity index (χ0v) is 17.3. The number of aliphatic carboxylic acids is 1. The Kier molecular flexibility index (Phi) is 7.76. The van der Waals surface area contributed by atoms with Crippen molar-refractivity contribution in [2.45, 2.75) is 38.8 Å². The number of imidazole rings is 1. The van der Waals surface area contributed by atoms with Crippen LogP contribution in [0.1, 0.15) is 23.7 Å². The maximum Gasteiger partial charge on any atom is 0.333 e. The van der Waals surface area contributed by atoms with Gasteiger partial charge >= 0.3 is 5.97 Å². The summed E-state index contributed by atoms with van der Waals surface area (Å²) >= 11 is 0. The van der Waals surface area contributed by atoms with Crippen LogP contribution in [0.5, 0.6) is 0 Å². The van der Waals surface area contributed by atoms with Crippen LogP contribution in [0, 0.1) is 0 Å². The van der Waals surface area contributed by atoms with E-state index in [4.69, 9.17) is 10.5 Å². The van der Waals surface area contributed by atoms with Gasteiger partial charge in [-0.2, -0.15) is 0 Å². The molecule has 3 rings (SSSR count).